The number of rotatable bonds is 3. The third-order valence-corrected chi connectivity index (χ3v) is 5.02. The van der Waals surface area contributed by atoms with Gasteiger partial charge in [-0.05, 0) is 36.1 Å². The summed E-state index contributed by atoms with van der Waals surface area (Å²) >= 11 is 7.43. The molecular weight excluding hydrogens is 304 g/mol. The molecule has 1 aromatic carbocycles. The third kappa shape index (κ3) is 3.22. The van der Waals surface area contributed by atoms with Crippen molar-refractivity contribution in [1.29, 1.82) is 0 Å². The van der Waals surface area contributed by atoms with Gasteiger partial charge < -0.3 is 10.2 Å². The molecule has 0 aliphatic heterocycles. The van der Waals surface area contributed by atoms with Gasteiger partial charge in [0.2, 0.25) is 0 Å². The third-order valence-electron chi connectivity index (χ3n) is 3.80. The maximum absolute atomic E-state index is 12.3. The van der Waals surface area contributed by atoms with Crippen molar-refractivity contribution in [3.8, 4) is 0 Å². The van der Waals surface area contributed by atoms with Crippen LogP contribution in [0.4, 0.5) is 4.79 Å². The highest BCUT2D eigenvalue weighted by atomic mass is 35.5. The average molecular weight is 321 g/mol. The van der Waals surface area contributed by atoms with E-state index >= 15 is 0 Å². The number of nitrogens with one attached hydrogen (secondary N) is 1. The van der Waals surface area contributed by atoms with E-state index in [4.69, 9.17) is 11.6 Å². The molecule has 0 fully saturated rings. The normalized spacial score (nSPS) is 16.6. The smallest absolute Gasteiger partial charge is 0.317 e. The zero-order valence-electron chi connectivity index (χ0n) is 11.8. The van der Waals surface area contributed by atoms with Gasteiger partial charge in [0.25, 0.3) is 0 Å². The summed E-state index contributed by atoms with van der Waals surface area (Å²) in [6, 6.07) is 12.2. The number of thiophene rings is 1. The van der Waals surface area contributed by atoms with E-state index < -0.39 is 0 Å². The van der Waals surface area contributed by atoms with Gasteiger partial charge in [0, 0.05) is 11.9 Å². The molecule has 0 saturated carbocycles. The lowest BCUT2D eigenvalue weighted by molar-refractivity contribution is 0.203. The molecule has 1 unspecified atom stereocenters. The molecule has 1 aliphatic rings. The van der Waals surface area contributed by atoms with Gasteiger partial charge >= 0.3 is 6.03 Å². The molecule has 0 radical (unpaired) electrons. The first-order valence-corrected chi connectivity index (χ1v) is 8.16. The number of urea groups is 1. The lowest BCUT2D eigenvalue weighted by Crippen LogP contribution is -2.38. The van der Waals surface area contributed by atoms with E-state index in [-0.39, 0.29) is 12.1 Å². The Labute approximate surface area is 133 Å². The van der Waals surface area contributed by atoms with Crippen LogP contribution in [-0.2, 0) is 13.0 Å². The number of hydrogen-bond acceptors (Lipinski definition) is 2. The van der Waals surface area contributed by atoms with Crippen LogP contribution in [0.15, 0.2) is 36.4 Å². The van der Waals surface area contributed by atoms with E-state index in [1.165, 1.54) is 22.5 Å². The van der Waals surface area contributed by atoms with E-state index in [2.05, 4.69) is 23.5 Å². The van der Waals surface area contributed by atoms with Gasteiger partial charge in [-0.3, -0.25) is 0 Å². The van der Waals surface area contributed by atoms with E-state index in [9.17, 15) is 4.79 Å². The topological polar surface area (TPSA) is 32.3 Å². The van der Waals surface area contributed by atoms with Crippen molar-refractivity contribution in [3.63, 3.8) is 0 Å². The van der Waals surface area contributed by atoms with Gasteiger partial charge in [-0.2, -0.15) is 0 Å². The minimum Gasteiger partial charge on any atom is -0.331 e. The number of hydrogen-bond donors (Lipinski definition) is 1. The van der Waals surface area contributed by atoms with Crippen LogP contribution in [0.1, 0.15) is 28.5 Å². The molecule has 0 bridgehead atoms. The zero-order chi connectivity index (χ0) is 14.8. The SMILES string of the molecule is CN(Cc1ccc(Cl)s1)C(=O)NC1CCc2ccccc21. The Bertz CT molecular complexity index is 655. The summed E-state index contributed by atoms with van der Waals surface area (Å²) in [6.45, 7) is 0.581. The monoisotopic (exact) mass is 320 g/mol. The van der Waals surface area contributed by atoms with Crippen molar-refractivity contribution >= 4 is 29.0 Å². The Morgan fingerprint density at radius 1 is 1.38 bits per heavy atom. The molecule has 1 heterocycles. The second-order valence-electron chi connectivity index (χ2n) is 5.30. The number of benzene rings is 1. The summed E-state index contributed by atoms with van der Waals surface area (Å²) in [7, 11) is 1.81. The summed E-state index contributed by atoms with van der Waals surface area (Å²) in [6.07, 6.45) is 2.01. The van der Waals surface area contributed by atoms with Crippen LogP contribution in [-0.4, -0.2) is 18.0 Å². The predicted molar refractivity (Wildman–Crippen MR) is 86.8 cm³/mol. The van der Waals surface area contributed by atoms with Crippen LogP contribution in [0.3, 0.4) is 0 Å². The molecule has 5 heteroatoms. The molecule has 3 nitrogen and oxygen atoms in total. The predicted octanol–water partition coefficient (Wildman–Crippen LogP) is 4.23. The Morgan fingerprint density at radius 2 is 2.19 bits per heavy atom. The summed E-state index contributed by atoms with van der Waals surface area (Å²) < 4.78 is 0.753. The second kappa shape index (κ2) is 6.08. The van der Waals surface area contributed by atoms with Gasteiger partial charge in [0.05, 0.1) is 16.9 Å². The van der Waals surface area contributed by atoms with Gasteiger partial charge in [0.15, 0.2) is 0 Å². The molecule has 1 atom stereocenters. The lowest BCUT2D eigenvalue weighted by atomic mass is 10.1. The first-order valence-electron chi connectivity index (χ1n) is 6.97. The van der Waals surface area contributed by atoms with Crippen LogP contribution in [0.2, 0.25) is 4.34 Å². The van der Waals surface area contributed by atoms with E-state index in [0.29, 0.717) is 6.54 Å². The van der Waals surface area contributed by atoms with Gasteiger partial charge in [-0.1, -0.05) is 35.9 Å². The number of nitrogens with zero attached hydrogens (tertiary/aromatic N) is 1. The van der Waals surface area contributed by atoms with Crippen molar-refractivity contribution in [2.75, 3.05) is 7.05 Å². The molecule has 0 spiro atoms. The number of amides is 2. The average Bonchev–Trinajstić information content (AvgIpc) is 3.06. The van der Waals surface area contributed by atoms with Crippen molar-refractivity contribution in [2.24, 2.45) is 0 Å². The van der Waals surface area contributed by atoms with Crippen LogP contribution >= 0.6 is 22.9 Å². The lowest BCUT2D eigenvalue weighted by Gasteiger charge is -2.21. The molecule has 21 heavy (non-hydrogen) atoms. The minimum absolute atomic E-state index is 0.0405. The van der Waals surface area contributed by atoms with Crippen LogP contribution < -0.4 is 5.32 Å². The van der Waals surface area contributed by atoms with Crippen molar-refractivity contribution in [3.05, 3.63) is 56.7 Å². The largest absolute Gasteiger partial charge is 0.331 e. The molecule has 1 N–H and O–H groups in total. The van der Waals surface area contributed by atoms with Gasteiger partial charge in [-0.25, -0.2) is 4.79 Å². The fourth-order valence-corrected chi connectivity index (χ4v) is 3.85. The maximum atomic E-state index is 12.3. The highest BCUT2D eigenvalue weighted by Gasteiger charge is 2.24. The molecule has 1 aromatic heterocycles. The minimum atomic E-state index is -0.0405. The van der Waals surface area contributed by atoms with Gasteiger partial charge in [0.1, 0.15) is 0 Å². The number of halogens is 1. The maximum Gasteiger partial charge on any atom is 0.317 e. The Hall–Kier alpha value is -1.52. The molecule has 2 amide bonds. The first kappa shape index (κ1) is 14.4. The molecule has 2 aromatic rings. The van der Waals surface area contributed by atoms with Crippen LogP contribution in [0, 0.1) is 0 Å². The molecule has 3 rings (SSSR count). The number of fused-ring (bicyclic) bond motifs is 1. The summed E-state index contributed by atoms with van der Waals surface area (Å²) in [5.41, 5.74) is 2.59. The first-order chi connectivity index (χ1) is 10.1. The summed E-state index contributed by atoms with van der Waals surface area (Å²) in [5.74, 6) is 0. The number of aryl methyl sites for hydroxylation is 1. The highest BCUT2D eigenvalue weighted by molar-refractivity contribution is 7.16. The summed E-state index contributed by atoms with van der Waals surface area (Å²) in [4.78, 5) is 15.1. The Kier molecular flexibility index (Phi) is 4.17. The van der Waals surface area contributed by atoms with Crippen molar-refractivity contribution in [1.82, 2.24) is 10.2 Å². The zero-order valence-corrected chi connectivity index (χ0v) is 13.4. The van der Waals surface area contributed by atoms with Gasteiger partial charge in [-0.15, -0.1) is 11.3 Å². The molecular formula is C16H17ClN2OS. The van der Waals surface area contributed by atoms with E-state index in [1.807, 2.05) is 25.2 Å². The van der Waals surface area contributed by atoms with Crippen molar-refractivity contribution in [2.45, 2.75) is 25.4 Å². The quantitative estimate of drug-likeness (QED) is 0.901. The Balaban J connectivity index is 1.62. The molecule has 1 aliphatic carbocycles. The van der Waals surface area contributed by atoms with E-state index in [0.717, 1.165) is 22.1 Å². The summed E-state index contributed by atoms with van der Waals surface area (Å²) in [5, 5.41) is 3.12. The molecule has 0 saturated heterocycles. The standard InChI is InChI=1S/C16H17ClN2OS/c1-19(10-12-7-9-15(17)21-12)16(20)18-14-8-6-11-4-2-3-5-13(11)14/h2-5,7,9,14H,6,8,10H2,1H3,(H,18,20). The number of carbonyl (C=O) groups is 1. The van der Waals surface area contributed by atoms with Crippen molar-refractivity contribution < 1.29 is 4.79 Å². The van der Waals surface area contributed by atoms with Crippen LogP contribution in [0.25, 0.3) is 0 Å². The van der Waals surface area contributed by atoms with Crippen LogP contribution in [0.5, 0.6) is 0 Å². The highest BCUT2D eigenvalue weighted by Crippen LogP contribution is 2.30. The number of carbonyl (C=O) groups excluding carboxylic acids is 1. The second-order valence-corrected chi connectivity index (χ2v) is 7.10. The van der Waals surface area contributed by atoms with E-state index in [1.54, 1.807) is 4.90 Å². The fraction of sp³-hybridized carbons (Fsp3) is 0.312. The Morgan fingerprint density at radius 3 is 2.95 bits per heavy atom. The fourth-order valence-electron chi connectivity index (χ4n) is 2.71. The molecule has 110 valence electrons.